The second-order valence-electron chi connectivity index (χ2n) is 6.12. The van der Waals surface area contributed by atoms with Crippen molar-refractivity contribution < 1.29 is 0 Å². The third-order valence-electron chi connectivity index (χ3n) is 4.70. The molecule has 1 aliphatic rings. The summed E-state index contributed by atoms with van der Waals surface area (Å²) in [5.74, 6) is 1.86. The molecular weight excluding hydrogens is 246 g/mol. The largest absolute Gasteiger partial charge is 0.311 e. The van der Waals surface area contributed by atoms with Crippen molar-refractivity contribution in [3.05, 3.63) is 36.3 Å². The van der Waals surface area contributed by atoms with Gasteiger partial charge in [0.05, 0.1) is 5.69 Å². The molecule has 2 heterocycles. The first-order valence-electron chi connectivity index (χ1n) is 7.98. The Morgan fingerprint density at radius 1 is 1.20 bits per heavy atom. The Balaban J connectivity index is 1.46. The van der Waals surface area contributed by atoms with Gasteiger partial charge in [-0.15, -0.1) is 0 Å². The Bertz CT molecular complexity index is 505. The second-order valence-corrected chi connectivity index (χ2v) is 6.12. The van der Waals surface area contributed by atoms with Gasteiger partial charge in [0.15, 0.2) is 0 Å². The summed E-state index contributed by atoms with van der Waals surface area (Å²) < 4.78 is 2.09. The fourth-order valence-electron chi connectivity index (χ4n) is 3.32. The van der Waals surface area contributed by atoms with Crippen LogP contribution in [0.1, 0.15) is 44.7 Å². The van der Waals surface area contributed by atoms with Crippen molar-refractivity contribution in [1.29, 1.82) is 0 Å². The van der Waals surface area contributed by atoms with E-state index in [1.807, 2.05) is 12.1 Å². The summed E-state index contributed by atoms with van der Waals surface area (Å²) in [5, 5.41) is 3.59. The van der Waals surface area contributed by atoms with Crippen LogP contribution < -0.4 is 5.32 Å². The van der Waals surface area contributed by atoms with Crippen LogP contribution in [0.4, 0.5) is 0 Å². The Morgan fingerprint density at radius 3 is 2.75 bits per heavy atom. The smallest absolute Gasteiger partial charge is 0.137 e. The van der Waals surface area contributed by atoms with E-state index in [4.69, 9.17) is 0 Å². The third kappa shape index (κ3) is 3.21. The van der Waals surface area contributed by atoms with E-state index < -0.39 is 0 Å². The lowest BCUT2D eigenvalue weighted by atomic mass is 9.81. The van der Waals surface area contributed by atoms with E-state index in [9.17, 15) is 0 Å². The topological polar surface area (TPSA) is 29.3 Å². The van der Waals surface area contributed by atoms with E-state index in [2.05, 4.69) is 40.1 Å². The number of imidazole rings is 1. The third-order valence-corrected chi connectivity index (χ3v) is 4.70. The van der Waals surface area contributed by atoms with Gasteiger partial charge in [-0.05, 0) is 43.4 Å². The van der Waals surface area contributed by atoms with E-state index in [1.165, 1.54) is 32.1 Å². The Labute approximate surface area is 121 Å². The van der Waals surface area contributed by atoms with E-state index in [-0.39, 0.29) is 0 Å². The lowest BCUT2D eigenvalue weighted by Crippen LogP contribution is -2.26. The van der Waals surface area contributed by atoms with Gasteiger partial charge < -0.3 is 9.72 Å². The maximum atomic E-state index is 4.62. The highest BCUT2D eigenvalue weighted by atomic mass is 15.0. The van der Waals surface area contributed by atoms with E-state index in [0.29, 0.717) is 0 Å². The molecule has 20 heavy (non-hydrogen) atoms. The molecule has 0 spiro atoms. The first kappa shape index (κ1) is 13.6. The minimum Gasteiger partial charge on any atom is -0.311 e. The molecule has 2 aromatic rings. The molecule has 3 nitrogen and oxygen atoms in total. The molecule has 0 amide bonds. The molecule has 0 saturated heterocycles. The average molecular weight is 271 g/mol. The van der Waals surface area contributed by atoms with Gasteiger partial charge in [0.2, 0.25) is 0 Å². The zero-order chi connectivity index (χ0) is 13.8. The van der Waals surface area contributed by atoms with Crippen LogP contribution in [-0.2, 0) is 6.54 Å². The molecule has 0 atom stereocenters. The van der Waals surface area contributed by atoms with Crippen LogP contribution in [0.25, 0.3) is 5.65 Å². The molecule has 1 saturated carbocycles. The van der Waals surface area contributed by atoms with Crippen LogP contribution >= 0.6 is 0 Å². The number of nitrogens with one attached hydrogen (secondary N) is 1. The molecule has 1 aliphatic carbocycles. The molecule has 3 rings (SSSR count). The number of hydrogen-bond donors (Lipinski definition) is 1. The summed E-state index contributed by atoms with van der Waals surface area (Å²) in [5.41, 5.74) is 2.17. The Kier molecular flexibility index (Phi) is 4.36. The summed E-state index contributed by atoms with van der Waals surface area (Å²) in [7, 11) is 0. The summed E-state index contributed by atoms with van der Waals surface area (Å²) in [4.78, 5) is 4.62. The van der Waals surface area contributed by atoms with Crippen molar-refractivity contribution in [1.82, 2.24) is 14.7 Å². The van der Waals surface area contributed by atoms with Gasteiger partial charge in [0, 0.05) is 18.9 Å². The van der Waals surface area contributed by atoms with Crippen LogP contribution in [0.3, 0.4) is 0 Å². The van der Waals surface area contributed by atoms with E-state index in [0.717, 1.165) is 36.3 Å². The summed E-state index contributed by atoms with van der Waals surface area (Å²) in [6.07, 6.45) is 11.2. The molecule has 1 N–H and O–H groups in total. The van der Waals surface area contributed by atoms with Crippen LogP contribution in [0.15, 0.2) is 30.6 Å². The zero-order valence-corrected chi connectivity index (χ0v) is 12.4. The maximum Gasteiger partial charge on any atom is 0.137 e. The van der Waals surface area contributed by atoms with Gasteiger partial charge in [0.25, 0.3) is 0 Å². The van der Waals surface area contributed by atoms with Crippen molar-refractivity contribution >= 4 is 5.65 Å². The van der Waals surface area contributed by atoms with Gasteiger partial charge in [-0.2, -0.15) is 0 Å². The molecule has 0 unspecified atom stereocenters. The predicted molar refractivity (Wildman–Crippen MR) is 82.6 cm³/mol. The molecule has 3 heteroatoms. The maximum absolute atomic E-state index is 4.62. The molecule has 0 radical (unpaired) electrons. The zero-order valence-electron chi connectivity index (χ0n) is 12.4. The standard InChI is InChI=1S/C17H25N3/c1-2-14-6-8-15(9-7-14)11-18-12-16-13-20-10-4-3-5-17(20)19-16/h3-5,10,13-15,18H,2,6-9,11-12H2,1H3. The molecule has 0 aromatic carbocycles. The quantitative estimate of drug-likeness (QED) is 0.899. The van der Waals surface area contributed by atoms with Crippen LogP contribution in [0.5, 0.6) is 0 Å². The normalized spacial score (nSPS) is 23.2. The van der Waals surface area contributed by atoms with Crippen molar-refractivity contribution in [2.45, 2.75) is 45.6 Å². The number of hydrogen-bond acceptors (Lipinski definition) is 2. The summed E-state index contributed by atoms with van der Waals surface area (Å²) >= 11 is 0. The summed E-state index contributed by atoms with van der Waals surface area (Å²) in [6.45, 7) is 4.35. The highest BCUT2D eigenvalue weighted by molar-refractivity contribution is 5.39. The van der Waals surface area contributed by atoms with Gasteiger partial charge in [-0.3, -0.25) is 0 Å². The second kappa shape index (κ2) is 6.40. The number of fused-ring (bicyclic) bond motifs is 1. The van der Waals surface area contributed by atoms with Crippen LogP contribution in [0.2, 0.25) is 0 Å². The Hall–Kier alpha value is -1.35. The molecule has 2 aromatic heterocycles. The van der Waals surface area contributed by atoms with E-state index in [1.54, 1.807) is 0 Å². The Morgan fingerprint density at radius 2 is 2.00 bits per heavy atom. The lowest BCUT2D eigenvalue weighted by molar-refractivity contribution is 0.262. The highest BCUT2D eigenvalue weighted by Gasteiger charge is 2.19. The minimum absolute atomic E-state index is 0.870. The van der Waals surface area contributed by atoms with Gasteiger partial charge in [0.1, 0.15) is 5.65 Å². The van der Waals surface area contributed by atoms with Crippen molar-refractivity contribution in [3.63, 3.8) is 0 Å². The molecule has 108 valence electrons. The van der Waals surface area contributed by atoms with Crippen molar-refractivity contribution in [3.8, 4) is 0 Å². The van der Waals surface area contributed by atoms with Gasteiger partial charge in [-0.1, -0.05) is 32.3 Å². The fourth-order valence-corrected chi connectivity index (χ4v) is 3.32. The number of rotatable bonds is 5. The van der Waals surface area contributed by atoms with Gasteiger partial charge in [-0.25, -0.2) is 4.98 Å². The molecular formula is C17H25N3. The highest BCUT2D eigenvalue weighted by Crippen LogP contribution is 2.30. The number of aromatic nitrogens is 2. The number of nitrogens with zero attached hydrogens (tertiary/aromatic N) is 2. The number of pyridine rings is 1. The van der Waals surface area contributed by atoms with Gasteiger partial charge >= 0.3 is 0 Å². The first-order chi connectivity index (χ1) is 9.85. The molecule has 1 fully saturated rings. The van der Waals surface area contributed by atoms with Crippen LogP contribution in [-0.4, -0.2) is 15.9 Å². The van der Waals surface area contributed by atoms with E-state index >= 15 is 0 Å². The first-order valence-corrected chi connectivity index (χ1v) is 7.98. The minimum atomic E-state index is 0.870. The van der Waals surface area contributed by atoms with Crippen molar-refractivity contribution in [2.75, 3.05) is 6.54 Å². The van der Waals surface area contributed by atoms with Crippen molar-refractivity contribution in [2.24, 2.45) is 11.8 Å². The summed E-state index contributed by atoms with van der Waals surface area (Å²) in [6, 6.07) is 6.12. The molecule has 0 bridgehead atoms. The fraction of sp³-hybridized carbons (Fsp3) is 0.588. The van der Waals surface area contributed by atoms with Crippen LogP contribution in [0, 0.1) is 11.8 Å². The predicted octanol–water partition coefficient (Wildman–Crippen LogP) is 3.64. The lowest BCUT2D eigenvalue weighted by Gasteiger charge is -2.27. The SMILES string of the molecule is CCC1CCC(CNCc2cn3ccccc3n2)CC1. The molecule has 0 aliphatic heterocycles. The monoisotopic (exact) mass is 271 g/mol. The average Bonchev–Trinajstić information content (AvgIpc) is 2.90.